The van der Waals surface area contributed by atoms with Crippen LogP contribution in [0, 0.1) is 5.92 Å². The van der Waals surface area contributed by atoms with Crippen LogP contribution in [0.25, 0.3) is 0 Å². The number of carbonyl (C=O) groups is 1. The Kier molecular flexibility index (Phi) is 6.29. The van der Waals surface area contributed by atoms with E-state index in [-0.39, 0.29) is 5.91 Å². The molecule has 2 aromatic carbocycles. The summed E-state index contributed by atoms with van der Waals surface area (Å²) >= 11 is 0. The number of amides is 1. The van der Waals surface area contributed by atoms with E-state index in [9.17, 15) is 4.79 Å². The first-order valence-electron chi connectivity index (χ1n) is 9.45. The van der Waals surface area contributed by atoms with Crippen LogP contribution in [0.4, 0.5) is 0 Å². The van der Waals surface area contributed by atoms with Crippen molar-refractivity contribution in [3.63, 3.8) is 0 Å². The van der Waals surface area contributed by atoms with Crippen LogP contribution in [-0.4, -0.2) is 37.5 Å². The summed E-state index contributed by atoms with van der Waals surface area (Å²) in [7, 11) is 1.96. The van der Waals surface area contributed by atoms with E-state index in [0.29, 0.717) is 5.92 Å². The lowest BCUT2D eigenvalue weighted by atomic mass is 10.1. The maximum absolute atomic E-state index is 13.3. The first-order chi connectivity index (χ1) is 12.7. The number of rotatable bonds is 7. The van der Waals surface area contributed by atoms with E-state index in [4.69, 9.17) is 4.74 Å². The Labute approximate surface area is 156 Å². The molecule has 1 aliphatic heterocycles. The van der Waals surface area contributed by atoms with Crippen LogP contribution >= 0.6 is 0 Å². The molecule has 1 amide bonds. The molecule has 2 unspecified atom stereocenters. The average Bonchev–Trinajstić information content (AvgIpc) is 3.15. The van der Waals surface area contributed by atoms with Crippen molar-refractivity contribution in [2.45, 2.75) is 25.9 Å². The largest absolute Gasteiger partial charge is 0.476 e. The van der Waals surface area contributed by atoms with Gasteiger partial charge in [0.15, 0.2) is 0 Å². The maximum atomic E-state index is 13.3. The molecule has 138 valence electrons. The second-order valence-electron chi connectivity index (χ2n) is 6.87. The van der Waals surface area contributed by atoms with E-state index < -0.39 is 6.10 Å². The van der Waals surface area contributed by atoms with Gasteiger partial charge in [-0.05, 0) is 44.0 Å². The number of hydrogen-bond donors (Lipinski definition) is 1. The number of nitrogens with one attached hydrogen (secondary N) is 1. The molecule has 3 rings (SSSR count). The first kappa shape index (κ1) is 18.5. The van der Waals surface area contributed by atoms with Crippen LogP contribution in [0.1, 0.15) is 30.6 Å². The molecule has 0 aromatic heterocycles. The summed E-state index contributed by atoms with van der Waals surface area (Å²) in [6.07, 6.45) is 1.32. The van der Waals surface area contributed by atoms with Crippen LogP contribution in [0.5, 0.6) is 5.75 Å². The third-order valence-corrected chi connectivity index (χ3v) is 5.02. The van der Waals surface area contributed by atoms with E-state index in [1.165, 1.54) is 0 Å². The minimum Gasteiger partial charge on any atom is -0.476 e. The Hall–Kier alpha value is -2.33. The highest BCUT2D eigenvalue weighted by Gasteiger charge is 2.33. The summed E-state index contributed by atoms with van der Waals surface area (Å²) in [4.78, 5) is 15.2. The van der Waals surface area contributed by atoms with Crippen LogP contribution in [-0.2, 0) is 11.2 Å². The minimum atomic E-state index is -0.600. The van der Waals surface area contributed by atoms with Gasteiger partial charge in [0.2, 0.25) is 6.10 Å². The van der Waals surface area contributed by atoms with Crippen LogP contribution < -0.4 is 10.1 Å². The number of nitrogens with zero attached hydrogens (tertiary/aromatic N) is 1. The number of benzene rings is 2. The number of hydrogen-bond acceptors (Lipinski definition) is 3. The van der Waals surface area contributed by atoms with Crippen LogP contribution in [0.15, 0.2) is 54.6 Å². The van der Waals surface area contributed by atoms with Gasteiger partial charge in [0, 0.05) is 18.7 Å². The zero-order valence-electron chi connectivity index (χ0n) is 15.7. The summed E-state index contributed by atoms with van der Waals surface area (Å²) < 4.78 is 6.29. The molecule has 0 radical (unpaired) electrons. The lowest BCUT2D eigenvalue weighted by molar-refractivity contribution is -0.138. The van der Waals surface area contributed by atoms with Gasteiger partial charge in [-0.3, -0.25) is 4.79 Å². The van der Waals surface area contributed by atoms with Crippen molar-refractivity contribution in [3.05, 3.63) is 65.7 Å². The van der Waals surface area contributed by atoms with Gasteiger partial charge in [-0.15, -0.1) is 0 Å². The summed E-state index contributed by atoms with van der Waals surface area (Å²) in [6.45, 7) is 4.64. The highest BCUT2D eigenvalue weighted by atomic mass is 16.5. The van der Waals surface area contributed by atoms with Gasteiger partial charge < -0.3 is 15.0 Å². The highest BCUT2D eigenvalue weighted by molar-refractivity contribution is 5.83. The predicted molar refractivity (Wildman–Crippen MR) is 104 cm³/mol. The number of para-hydroxylation sites is 1. The number of ether oxygens (including phenoxy) is 1. The third kappa shape index (κ3) is 4.25. The van der Waals surface area contributed by atoms with Gasteiger partial charge in [-0.1, -0.05) is 55.5 Å². The molecule has 1 N–H and O–H groups in total. The Bertz CT molecular complexity index is 717. The van der Waals surface area contributed by atoms with Gasteiger partial charge in [-0.2, -0.15) is 0 Å². The van der Waals surface area contributed by atoms with Gasteiger partial charge >= 0.3 is 0 Å². The quantitative estimate of drug-likeness (QED) is 0.830. The third-order valence-electron chi connectivity index (χ3n) is 5.02. The molecule has 1 fully saturated rings. The molecule has 1 saturated heterocycles. The summed E-state index contributed by atoms with van der Waals surface area (Å²) in [5.41, 5.74) is 2.02. The van der Waals surface area contributed by atoms with Crippen LogP contribution in [0.3, 0.4) is 0 Å². The van der Waals surface area contributed by atoms with Crippen molar-refractivity contribution in [2.24, 2.45) is 5.92 Å². The molecular formula is C22H28N2O2. The van der Waals surface area contributed by atoms with Crippen molar-refractivity contribution in [1.29, 1.82) is 0 Å². The van der Waals surface area contributed by atoms with E-state index in [1.54, 1.807) is 0 Å². The first-order valence-corrected chi connectivity index (χ1v) is 9.45. The van der Waals surface area contributed by atoms with Gasteiger partial charge in [-0.25, -0.2) is 0 Å². The maximum Gasteiger partial charge on any atom is 0.268 e. The smallest absolute Gasteiger partial charge is 0.268 e. The average molecular weight is 352 g/mol. The van der Waals surface area contributed by atoms with Gasteiger partial charge in [0.25, 0.3) is 5.91 Å². The standard InChI is InChI=1S/C22H28N2O2/c1-3-18-9-7-8-12-20(18)26-21(19-10-5-4-6-11-19)22(25)24-14-13-17(16-24)15-23-2/h4-12,17,21,23H,3,13-16H2,1-2H3. The normalized spacial score (nSPS) is 17.9. The van der Waals surface area contributed by atoms with Crippen molar-refractivity contribution in [1.82, 2.24) is 10.2 Å². The van der Waals surface area contributed by atoms with Crippen molar-refractivity contribution >= 4 is 5.91 Å². The molecule has 0 aliphatic carbocycles. The van der Waals surface area contributed by atoms with Crippen LogP contribution in [0.2, 0.25) is 0 Å². The van der Waals surface area contributed by atoms with Crippen molar-refractivity contribution in [2.75, 3.05) is 26.7 Å². The molecule has 0 saturated carbocycles. The monoisotopic (exact) mass is 352 g/mol. The lowest BCUT2D eigenvalue weighted by Crippen LogP contribution is -2.36. The SMILES string of the molecule is CCc1ccccc1OC(C(=O)N1CCC(CNC)C1)c1ccccc1. The van der Waals surface area contributed by atoms with Crippen molar-refractivity contribution in [3.8, 4) is 5.75 Å². The summed E-state index contributed by atoms with van der Waals surface area (Å²) in [6, 6.07) is 17.8. The molecule has 0 spiro atoms. The molecule has 26 heavy (non-hydrogen) atoms. The van der Waals surface area contributed by atoms with E-state index in [1.807, 2.05) is 60.5 Å². The minimum absolute atomic E-state index is 0.0562. The number of likely N-dealkylation sites (tertiary alicyclic amines) is 1. The van der Waals surface area contributed by atoms with Gasteiger partial charge in [0.1, 0.15) is 5.75 Å². The van der Waals surface area contributed by atoms with E-state index in [0.717, 1.165) is 49.4 Å². The predicted octanol–water partition coefficient (Wildman–Crippen LogP) is 3.44. The lowest BCUT2D eigenvalue weighted by Gasteiger charge is -2.25. The molecule has 4 heteroatoms. The zero-order valence-corrected chi connectivity index (χ0v) is 15.7. The Morgan fingerprint density at radius 1 is 1.19 bits per heavy atom. The molecule has 1 heterocycles. The van der Waals surface area contributed by atoms with E-state index >= 15 is 0 Å². The molecule has 1 aliphatic rings. The topological polar surface area (TPSA) is 41.6 Å². The number of aryl methyl sites for hydroxylation is 1. The van der Waals surface area contributed by atoms with Gasteiger partial charge in [0.05, 0.1) is 0 Å². The summed E-state index contributed by atoms with van der Waals surface area (Å²) in [5.74, 6) is 1.37. The molecule has 4 nitrogen and oxygen atoms in total. The Balaban J connectivity index is 1.83. The zero-order chi connectivity index (χ0) is 18.4. The second kappa shape index (κ2) is 8.86. The van der Waals surface area contributed by atoms with Crippen molar-refractivity contribution < 1.29 is 9.53 Å². The van der Waals surface area contributed by atoms with E-state index in [2.05, 4.69) is 18.3 Å². The molecule has 0 bridgehead atoms. The Morgan fingerprint density at radius 3 is 2.65 bits per heavy atom. The molecule has 2 atom stereocenters. The number of carbonyl (C=O) groups excluding carboxylic acids is 1. The second-order valence-corrected chi connectivity index (χ2v) is 6.87. The fourth-order valence-electron chi connectivity index (χ4n) is 3.58. The highest BCUT2D eigenvalue weighted by Crippen LogP contribution is 2.29. The molecular weight excluding hydrogens is 324 g/mol. The fraction of sp³-hybridized carbons (Fsp3) is 0.409. The summed E-state index contributed by atoms with van der Waals surface area (Å²) in [5, 5.41) is 3.22. The molecule has 2 aromatic rings. The fourth-order valence-corrected chi connectivity index (χ4v) is 3.58. The Morgan fingerprint density at radius 2 is 1.92 bits per heavy atom.